The van der Waals surface area contributed by atoms with Gasteiger partial charge in [-0.3, -0.25) is 14.5 Å². The predicted molar refractivity (Wildman–Crippen MR) is 210 cm³/mol. The lowest BCUT2D eigenvalue weighted by molar-refractivity contribution is -0.134. The van der Waals surface area contributed by atoms with Crippen LogP contribution in [0, 0.1) is 22.7 Å². The molecule has 1 aromatic carbocycles. The zero-order chi connectivity index (χ0) is 39.6. The van der Waals surface area contributed by atoms with Crippen molar-refractivity contribution in [2.45, 2.75) is 142 Å². The number of ether oxygens (including phenoxy) is 1. The number of benzene rings is 1. The number of anilines is 1. The van der Waals surface area contributed by atoms with Gasteiger partial charge in [-0.2, -0.15) is 12.6 Å². The summed E-state index contributed by atoms with van der Waals surface area (Å²) in [7, 11) is 4.19. The van der Waals surface area contributed by atoms with Gasteiger partial charge in [-0.05, 0) is 110 Å². The second-order valence-electron chi connectivity index (χ2n) is 16.6. The van der Waals surface area contributed by atoms with E-state index in [1.807, 2.05) is 0 Å². The summed E-state index contributed by atoms with van der Waals surface area (Å²) in [6, 6.07) is 7.87. The van der Waals surface area contributed by atoms with Crippen LogP contribution < -0.4 is 4.90 Å². The van der Waals surface area contributed by atoms with Crippen LogP contribution in [0.1, 0.15) is 123 Å². The lowest BCUT2D eigenvalue weighted by Gasteiger charge is -2.48. The second kappa shape index (κ2) is 20.4. The SMILES string of the molecule is CC(=O)O.CC12CCC3c4ccc(N5CCC(N6CCOCC6)CC5)cc4CCC3C1CC(F)C2=O.CCC(C)(C)CC.[B]C(F)(F)C(F)CCCS. The van der Waals surface area contributed by atoms with Gasteiger partial charge >= 0.3 is 0 Å². The van der Waals surface area contributed by atoms with Crippen molar-refractivity contribution < 1.29 is 37.0 Å². The number of hydrogen-bond acceptors (Lipinski definition) is 6. The van der Waals surface area contributed by atoms with Crippen molar-refractivity contribution in [3.63, 3.8) is 0 Å². The standard InChI is InChI=1S/C27H37FN2O2.C7H16.C5H8BF3S.C2H4O2/c1-27-9-6-22-21-5-3-20(29-10-7-19(8-11-29)30-12-14-32-15-13-30)16-18(21)2-4-23(22)24(27)17-25(28)26(27)31;1-5-7(3,4)6-2;6-5(8,9)4(7)2-1-3-10;1-2(3)4/h3,5,16,19,22-25H,2,4,6-15,17H2,1H3;5-6H2,1-4H3;4,10H,1-3H2;1H3,(H,3,4). The molecule has 6 rings (SSSR count). The number of rotatable bonds is 8. The Kier molecular flexibility index (Phi) is 17.6. The number of halogens is 4. The van der Waals surface area contributed by atoms with Crippen LogP contribution in [-0.4, -0.2) is 99.0 Å². The highest BCUT2D eigenvalue weighted by atomic mass is 32.1. The van der Waals surface area contributed by atoms with Crippen LogP contribution in [0.5, 0.6) is 0 Å². The quantitative estimate of drug-likeness (QED) is 0.156. The average molecular weight is 769 g/mol. The molecule has 3 aliphatic carbocycles. The molecule has 6 atom stereocenters. The van der Waals surface area contributed by atoms with Crippen molar-refractivity contribution >= 4 is 37.9 Å². The van der Waals surface area contributed by atoms with Crippen molar-refractivity contribution in [2.24, 2.45) is 22.7 Å². The molecule has 53 heavy (non-hydrogen) atoms. The molecular formula is C41H65BF4N2O4S. The molecule has 2 saturated carbocycles. The molecule has 4 fully saturated rings. The summed E-state index contributed by atoms with van der Waals surface area (Å²) >= 11 is 3.74. The number of thiol groups is 1. The van der Waals surface area contributed by atoms with Crippen LogP contribution in [0.3, 0.4) is 0 Å². The van der Waals surface area contributed by atoms with E-state index in [-0.39, 0.29) is 18.1 Å². The van der Waals surface area contributed by atoms with Gasteiger partial charge in [-0.1, -0.05) is 53.5 Å². The van der Waals surface area contributed by atoms with Gasteiger partial charge in [0, 0.05) is 50.2 Å². The molecule has 0 aromatic heterocycles. The van der Waals surface area contributed by atoms with Gasteiger partial charge in [0.1, 0.15) is 0 Å². The van der Waals surface area contributed by atoms with E-state index >= 15 is 0 Å². The van der Waals surface area contributed by atoms with Crippen LogP contribution in [-0.2, 0) is 20.7 Å². The molecule has 6 unspecified atom stereocenters. The van der Waals surface area contributed by atoms with Gasteiger partial charge in [0.25, 0.3) is 5.97 Å². The van der Waals surface area contributed by atoms with Gasteiger partial charge in [-0.25, -0.2) is 17.6 Å². The Bertz CT molecular complexity index is 1290. The summed E-state index contributed by atoms with van der Waals surface area (Å²) in [6.45, 7) is 18.4. The minimum Gasteiger partial charge on any atom is -0.481 e. The fraction of sp³-hybridized carbons (Fsp3) is 0.805. The Morgan fingerprint density at radius 1 is 1.09 bits per heavy atom. The first kappa shape index (κ1) is 45.6. The molecule has 0 spiro atoms. The van der Waals surface area contributed by atoms with E-state index in [0.29, 0.717) is 41.9 Å². The minimum atomic E-state index is -3.69. The first-order chi connectivity index (χ1) is 24.9. The lowest BCUT2D eigenvalue weighted by Crippen LogP contribution is -2.49. The number of ketones is 1. The van der Waals surface area contributed by atoms with E-state index < -0.39 is 29.5 Å². The number of aliphatic carboxylic acids is 1. The molecule has 2 aliphatic heterocycles. The molecule has 300 valence electrons. The van der Waals surface area contributed by atoms with Crippen LogP contribution in [0.4, 0.5) is 23.2 Å². The van der Waals surface area contributed by atoms with E-state index in [1.165, 1.54) is 42.5 Å². The number of Topliss-reactive ketones (excluding diaryl/α,β-unsaturated/α-hetero) is 1. The second-order valence-corrected chi connectivity index (χ2v) is 17.0. The van der Waals surface area contributed by atoms with Crippen LogP contribution >= 0.6 is 12.6 Å². The topological polar surface area (TPSA) is 70.1 Å². The zero-order valence-corrected chi connectivity index (χ0v) is 33.9. The van der Waals surface area contributed by atoms with E-state index in [4.69, 9.17) is 14.6 Å². The number of carbonyl (C=O) groups is 2. The molecule has 2 saturated heterocycles. The third-order valence-electron chi connectivity index (χ3n) is 12.7. The van der Waals surface area contributed by atoms with Crippen molar-refractivity contribution in [3.05, 3.63) is 29.3 Å². The summed E-state index contributed by atoms with van der Waals surface area (Å²) in [5, 5.41) is 7.42. The number of hydrogen-bond donors (Lipinski definition) is 2. The van der Waals surface area contributed by atoms with E-state index in [1.54, 1.807) is 0 Å². The average Bonchev–Trinajstić information content (AvgIpc) is 3.38. The molecule has 0 amide bonds. The number of piperidine rings is 1. The Hall–Kier alpha value is -1.79. The largest absolute Gasteiger partial charge is 0.481 e. The summed E-state index contributed by atoms with van der Waals surface area (Å²) in [4.78, 5) is 26.7. The summed E-state index contributed by atoms with van der Waals surface area (Å²) in [5.74, 6) is -3.02. The highest BCUT2D eigenvalue weighted by Gasteiger charge is 2.58. The van der Waals surface area contributed by atoms with E-state index in [2.05, 4.69) is 83.1 Å². The maximum Gasteiger partial charge on any atom is 0.300 e. The van der Waals surface area contributed by atoms with Crippen LogP contribution in [0.2, 0.25) is 0 Å². The number of fused-ring (bicyclic) bond motifs is 5. The van der Waals surface area contributed by atoms with Crippen molar-refractivity contribution in [1.82, 2.24) is 4.90 Å². The van der Waals surface area contributed by atoms with Gasteiger partial charge in [0.05, 0.1) is 13.2 Å². The molecule has 2 heterocycles. The van der Waals surface area contributed by atoms with Gasteiger partial charge < -0.3 is 14.7 Å². The fourth-order valence-corrected chi connectivity index (χ4v) is 8.84. The number of aryl methyl sites for hydroxylation is 1. The van der Waals surface area contributed by atoms with Gasteiger partial charge in [0.15, 0.2) is 26.0 Å². The molecule has 12 heteroatoms. The van der Waals surface area contributed by atoms with Gasteiger partial charge in [0.2, 0.25) is 5.82 Å². The molecule has 6 nitrogen and oxygen atoms in total. The normalized spacial score (nSPS) is 28.1. The summed E-state index contributed by atoms with van der Waals surface area (Å²) in [5.41, 5.74) is 4.54. The molecule has 5 aliphatic rings. The molecule has 1 aromatic rings. The number of carboxylic acid groups (broad SMARTS) is 1. The van der Waals surface area contributed by atoms with Crippen LogP contribution in [0.25, 0.3) is 0 Å². The molecule has 2 radical (unpaired) electrons. The molecule has 0 bridgehead atoms. The number of carboxylic acids is 1. The van der Waals surface area contributed by atoms with Crippen molar-refractivity contribution in [3.8, 4) is 0 Å². The Labute approximate surface area is 323 Å². The van der Waals surface area contributed by atoms with E-state index in [9.17, 15) is 22.4 Å². The minimum absolute atomic E-state index is 0.109. The zero-order valence-electron chi connectivity index (χ0n) is 33.0. The maximum absolute atomic E-state index is 14.4. The Morgan fingerprint density at radius 2 is 1.70 bits per heavy atom. The first-order valence-electron chi connectivity index (χ1n) is 19.9. The summed E-state index contributed by atoms with van der Waals surface area (Å²) in [6.07, 6.45) is 6.22. The number of carbonyl (C=O) groups excluding carboxylic acids is 1. The smallest absolute Gasteiger partial charge is 0.300 e. The van der Waals surface area contributed by atoms with E-state index in [0.717, 1.165) is 72.0 Å². The lowest BCUT2D eigenvalue weighted by atomic mass is 9.55. The third-order valence-corrected chi connectivity index (χ3v) is 13.1. The summed E-state index contributed by atoms with van der Waals surface area (Å²) < 4.78 is 55.7. The van der Waals surface area contributed by atoms with Crippen molar-refractivity contribution in [1.29, 1.82) is 0 Å². The number of alkyl halides is 4. The molecular weight excluding hydrogens is 703 g/mol. The predicted octanol–water partition coefficient (Wildman–Crippen LogP) is 9.08. The monoisotopic (exact) mass is 768 g/mol. The Morgan fingerprint density at radius 3 is 2.23 bits per heavy atom. The fourth-order valence-electron chi connectivity index (χ4n) is 8.66. The highest BCUT2D eigenvalue weighted by molar-refractivity contribution is 7.80. The number of nitrogens with zero attached hydrogens (tertiary/aromatic N) is 2. The van der Waals surface area contributed by atoms with Crippen molar-refractivity contribution in [2.75, 3.05) is 50.0 Å². The highest BCUT2D eigenvalue weighted by Crippen LogP contribution is 2.60. The Balaban J connectivity index is 0.000000297. The maximum atomic E-state index is 14.4. The number of morpholine rings is 1. The third kappa shape index (κ3) is 12.6. The molecule has 1 N–H and O–H groups in total. The van der Waals surface area contributed by atoms with Crippen LogP contribution in [0.15, 0.2) is 18.2 Å². The van der Waals surface area contributed by atoms with Gasteiger partial charge in [-0.15, -0.1) is 0 Å². The first-order valence-corrected chi connectivity index (χ1v) is 20.5.